The van der Waals surface area contributed by atoms with Crippen LogP contribution < -0.4 is 10.6 Å². The van der Waals surface area contributed by atoms with Crippen LogP contribution in [0, 0.1) is 18.8 Å². The third-order valence-electron chi connectivity index (χ3n) is 12.5. The molecule has 2 fully saturated rings. The number of carbonyl (C=O) groups excluding carboxylic acids is 6. The molecule has 0 aliphatic carbocycles. The zero-order chi connectivity index (χ0) is 47.2. The third-order valence-corrected chi connectivity index (χ3v) is 12.5. The molecule has 346 valence electrons. The first-order chi connectivity index (χ1) is 32.2. The van der Waals surface area contributed by atoms with Crippen molar-refractivity contribution in [1.29, 1.82) is 0 Å². The Balaban J connectivity index is 0.757. The second-order valence-electron chi connectivity index (χ2n) is 17.1. The van der Waals surface area contributed by atoms with Crippen LogP contribution in [0.3, 0.4) is 0 Å². The molecule has 1 atom stereocenters. The van der Waals surface area contributed by atoms with Crippen molar-refractivity contribution in [3.8, 4) is 11.8 Å². The van der Waals surface area contributed by atoms with Gasteiger partial charge in [-0.05, 0) is 85.2 Å². The van der Waals surface area contributed by atoms with E-state index in [0.717, 1.165) is 42.2 Å². The molecule has 0 bridgehead atoms. The molecule has 5 aromatic rings. The number of carbonyl (C=O) groups is 6. The fourth-order valence-electron chi connectivity index (χ4n) is 8.77. The van der Waals surface area contributed by atoms with Crippen LogP contribution in [0.1, 0.15) is 116 Å². The number of rotatable bonds is 15. The van der Waals surface area contributed by atoms with Gasteiger partial charge in [-0.15, -0.1) is 0 Å². The van der Waals surface area contributed by atoms with E-state index < -0.39 is 41.4 Å². The van der Waals surface area contributed by atoms with Gasteiger partial charge in [0.25, 0.3) is 11.8 Å². The fourth-order valence-corrected chi connectivity index (χ4v) is 8.77. The maximum Gasteiger partial charge on any atom is 0.416 e. The molecule has 0 saturated carbocycles. The first-order valence-corrected chi connectivity index (χ1v) is 22.5. The highest BCUT2D eigenvalue weighted by Gasteiger charge is 2.45. The van der Waals surface area contributed by atoms with Gasteiger partial charge >= 0.3 is 6.18 Å². The number of ketones is 1. The summed E-state index contributed by atoms with van der Waals surface area (Å²) in [5.74, 6) is 3.61. The number of amides is 5. The molecule has 5 amide bonds. The minimum atomic E-state index is -4.63. The van der Waals surface area contributed by atoms with Gasteiger partial charge < -0.3 is 10.2 Å². The molecular weight excluding hydrogens is 866 g/mol. The Bertz CT molecular complexity index is 2820. The number of benzene rings is 3. The van der Waals surface area contributed by atoms with E-state index in [9.17, 15) is 41.9 Å². The number of halogens is 3. The summed E-state index contributed by atoms with van der Waals surface area (Å²) < 4.78 is 44.9. The molecule has 2 N–H and O–H groups in total. The summed E-state index contributed by atoms with van der Waals surface area (Å²) in [6.07, 6.45) is 2.99. The number of piperidine rings is 1. The molecule has 0 radical (unpaired) electrons. The summed E-state index contributed by atoms with van der Waals surface area (Å²) in [4.78, 5) is 85.8. The molecule has 2 saturated heterocycles. The number of unbranched alkanes of at least 4 members (excludes halogenated alkanes) is 4. The van der Waals surface area contributed by atoms with Crippen molar-refractivity contribution in [1.82, 2.24) is 34.6 Å². The van der Waals surface area contributed by atoms with Crippen molar-refractivity contribution in [3.63, 3.8) is 0 Å². The van der Waals surface area contributed by atoms with E-state index in [0.29, 0.717) is 73.7 Å². The third kappa shape index (κ3) is 10.6. The minimum Gasteiger partial charge on any atom is -0.384 e. The topological polar surface area (TPSA) is 166 Å². The first kappa shape index (κ1) is 46.3. The summed E-state index contributed by atoms with van der Waals surface area (Å²) in [6.45, 7) is 4.17. The average Bonchev–Trinajstić information content (AvgIpc) is 3.84. The SMILES string of the molecule is Cc1ccc(C(=O)Cc2ccc(CN3CCN(C(=O)CCCCCCCNc4cccc5c4C(=O)N(C4CCC(=O)NC4=O)C5=O)CC3)c(C(F)(F)F)c2)cc1C#Cc1cnc2cccnn12. The van der Waals surface area contributed by atoms with Crippen molar-refractivity contribution in [3.05, 3.63) is 129 Å². The average molecular weight is 915 g/mol. The lowest BCUT2D eigenvalue weighted by Gasteiger charge is -2.35. The van der Waals surface area contributed by atoms with E-state index in [2.05, 4.69) is 32.6 Å². The number of fused-ring (bicyclic) bond motifs is 2. The van der Waals surface area contributed by atoms with E-state index in [4.69, 9.17) is 0 Å². The number of piperazine rings is 1. The zero-order valence-electron chi connectivity index (χ0n) is 37.0. The number of alkyl halides is 3. The molecule has 3 aromatic carbocycles. The summed E-state index contributed by atoms with van der Waals surface area (Å²) in [5, 5.41) is 9.72. The molecule has 0 spiro atoms. The molecule has 8 rings (SSSR count). The number of imidazole rings is 1. The molecule has 5 heterocycles. The number of hydrogen-bond acceptors (Lipinski definition) is 10. The summed E-state index contributed by atoms with van der Waals surface area (Å²) in [5.41, 5.74) is 3.55. The summed E-state index contributed by atoms with van der Waals surface area (Å²) in [6, 6.07) is 16.7. The Morgan fingerprint density at radius 1 is 0.881 bits per heavy atom. The van der Waals surface area contributed by atoms with Crippen molar-refractivity contribution >= 4 is 46.7 Å². The van der Waals surface area contributed by atoms with Crippen molar-refractivity contribution < 1.29 is 41.9 Å². The molecule has 17 heteroatoms. The highest BCUT2D eigenvalue weighted by molar-refractivity contribution is 6.25. The van der Waals surface area contributed by atoms with Gasteiger partial charge in [-0.2, -0.15) is 18.3 Å². The highest BCUT2D eigenvalue weighted by Crippen LogP contribution is 2.35. The van der Waals surface area contributed by atoms with E-state index in [1.54, 1.807) is 70.3 Å². The lowest BCUT2D eigenvalue weighted by molar-refractivity contribution is -0.139. The Kier molecular flexibility index (Phi) is 13.9. The highest BCUT2D eigenvalue weighted by atomic mass is 19.4. The van der Waals surface area contributed by atoms with Gasteiger partial charge in [-0.3, -0.25) is 43.9 Å². The minimum absolute atomic E-state index is 0.0202. The molecule has 2 aromatic heterocycles. The number of Topliss-reactive ketones (excluding diaryl/α,β-unsaturated/α-hetero) is 1. The normalized spacial score (nSPS) is 16.5. The quantitative estimate of drug-likeness (QED) is 0.0521. The van der Waals surface area contributed by atoms with E-state index in [-0.39, 0.29) is 59.8 Å². The standard InChI is InChI=1S/C50H49F3N8O6/c1-32-13-15-35(29-34(32)17-18-37-30-55-43-11-8-22-56-61(37)43)42(62)28-33-14-16-36(39(27-33)50(51,52)53)31-58-23-25-59(26-24-58)45(64)12-5-3-2-4-6-21-54-40-10-7-9-38-46(40)49(67)60(48(38)66)41-19-20-44(63)57-47(41)65/h7-11,13-16,22,27,29-30,41,54H,2-6,12,19-21,23-26,28,31H2,1H3,(H,57,63,65). The van der Waals surface area contributed by atoms with Gasteiger partial charge in [0.2, 0.25) is 17.7 Å². The maximum absolute atomic E-state index is 14.4. The van der Waals surface area contributed by atoms with Crippen molar-refractivity contribution in [2.24, 2.45) is 0 Å². The van der Waals surface area contributed by atoms with E-state index >= 15 is 0 Å². The van der Waals surface area contributed by atoms with Gasteiger partial charge in [0.1, 0.15) is 11.7 Å². The predicted molar refractivity (Wildman–Crippen MR) is 241 cm³/mol. The van der Waals surface area contributed by atoms with Crippen LogP contribution in [0.4, 0.5) is 18.9 Å². The Labute approximate surface area is 384 Å². The van der Waals surface area contributed by atoms with Crippen LogP contribution in [-0.2, 0) is 33.5 Å². The van der Waals surface area contributed by atoms with Gasteiger partial charge in [-0.1, -0.05) is 55.5 Å². The van der Waals surface area contributed by atoms with Gasteiger partial charge in [0.05, 0.1) is 22.9 Å². The van der Waals surface area contributed by atoms with Gasteiger partial charge in [-0.25, -0.2) is 9.50 Å². The zero-order valence-corrected chi connectivity index (χ0v) is 37.0. The number of imide groups is 2. The summed E-state index contributed by atoms with van der Waals surface area (Å²) in [7, 11) is 0. The summed E-state index contributed by atoms with van der Waals surface area (Å²) >= 11 is 0. The second kappa shape index (κ2) is 20.1. The van der Waals surface area contributed by atoms with Crippen LogP contribution in [0.15, 0.2) is 79.1 Å². The molecule has 1 unspecified atom stereocenters. The maximum atomic E-state index is 14.4. The number of aryl methyl sites for hydroxylation is 1. The molecule has 3 aliphatic heterocycles. The number of nitrogens with zero attached hydrogens (tertiary/aromatic N) is 6. The van der Waals surface area contributed by atoms with E-state index in [1.165, 1.54) is 6.07 Å². The van der Waals surface area contributed by atoms with Crippen LogP contribution in [0.5, 0.6) is 0 Å². The van der Waals surface area contributed by atoms with E-state index in [1.807, 2.05) is 17.9 Å². The molecule has 14 nitrogen and oxygen atoms in total. The Morgan fingerprint density at radius 3 is 2.46 bits per heavy atom. The molecule has 3 aliphatic rings. The molecule has 67 heavy (non-hydrogen) atoms. The first-order valence-electron chi connectivity index (χ1n) is 22.5. The van der Waals surface area contributed by atoms with Gasteiger partial charge in [0.15, 0.2) is 11.4 Å². The second-order valence-corrected chi connectivity index (χ2v) is 17.1. The fraction of sp³-hybridized carbons (Fsp3) is 0.360. The smallest absolute Gasteiger partial charge is 0.384 e. The lowest BCUT2D eigenvalue weighted by Crippen LogP contribution is -2.54. The predicted octanol–water partition coefficient (Wildman–Crippen LogP) is 6.38. The number of aromatic nitrogens is 3. The number of hydrogen-bond donors (Lipinski definition) is 2. The Morgan fingerprint density at radius 2 is 1.67 bits per heavy atom. The largest absolute Gasteiger partial charge is 0.416 e. The van der Waals surface area contributed by atoms with Crippen LogP contribution >= 0.6 is 0 Å². The van der Waals surface area contributed by atoms with Crippen LogP contribution in [0.25, 0.3) is 5.65 Å². The van der Waals surface area contributed by atoms with Crippen molar-refractivity contribution in [2.75, 3.05) is 38.0 Å². The van der Waals surface area contributed by atoms with Crippen LogP contribution in [-0.4, -0.2) is 103 Å². The number of anilines is 1. The lowest BCUT2D eigenvalue weighted by atomic mass is 9.96. The van der Waals surface area contributed by atoms with Crippen molar-refractivity contribution in [2.45, 2.75) is 83.5 Å². The monoisotopic (exact) mass is 914 g/mol. The Hall–Kier alpha value is -7.19. The molecular formula is C50H49F3N8O6. The number of nitrogens with one attached hydrogen (secondary N) is 2. The van der Waals surface area contributed by atoms with Gasteiger partial charge in [0, 0.05) is 81.5 Å². The van der Waals surface area contributed by atoms with Crippen LogP contribution in [0.2, 0.25) is 0 Å².